The van der Waals surface area contributed by atoms with Gasteiger partial charge in [0.25, 0.3) is 0 Å². The lowest BCUT2D eigenvalue weighted by molar-refractivity contribution is 0.0720. The number of hydrogen-bond acceptors (Lipinski definition) is 2. The van der Waals surface area contributed by atoms with E-state index in [1.54, 1.807) is 0 Å². The molecule has 1 aromatic rings. The lowest BCUT2D eigenvalue weighted by Gasteiger charge is -2.45. The van der Waals surface area contributed by atoms with E-state index in [1.165, 1.54) is 48.1 Å². The Hall–Kier alpha value is -0.380. The molecule has 2 bridgehead atoms. The van der Waals surface area contributed by atoms with E-state index in [1.807, 2.05) is 0 Å². The number of nitrogens with one attached hydrogen (secondary N) is 1. The number of benzene rings is 1. The van der Waals surface area contributed by atoms with Gasteiger partial charge >= 0.3 is 0 Å². The van der Waals surface area contributed by atoms with Crippen LogP contribution in [-0.4, -0.2) is 30.6 Å². The number of fused-ring (bicyclic) bond motifs is 3. The fourth-order valence-electron chi connectivity index (χ4n) is 3.26. The quantitative estimate of drug-likeness (QED) is 0.923. The van der Waals surface area contributed by atoms with Crippen LogP contribution < -0.4 is 5.32 Å². The number of halogens is 1. The first-order chi connectivity index (χ1) is 8.72. The fourth-order valence-corrected chi connectivity index (χ4v) is 3.51. The minimum absolute atomic E-state index is 0.705. The van der Waals surface area contributed by atoms with Crippen molar-refractivity contribution in [1.82, 2.24) is 10.2 Å². The summed E-state index contributed by atoms with van der Waals surface area (Å²) < 4.78 is 1.20. The van der Waals surface area contributed by atoms with Crippen molar-refractivity contribution in [3.8, 4) is 0 Å². The van der Waals surface area contributed by atoms with Crippen LogP contribution in [0.25, 0.3) is 0 Å². The van der Waals surface area contributed by atoms with Crippen LogP contribution in [0.1, 0.15) is 24.0 Å². The number of aryl methyl sites for hydroxylation is 1. The van der Waals surface area contributed by atoms with Crippen LogP contribution in [0.3, 0.4) is 0 Å². The first kappa shape index (κ1) is 12.6. The predicted molar refractivity (Wildman–Crippen MR) is 78.7 cm³/mol. The van der Waals surface area contributed by atoms with Gasteiger partial charge in [-0.2, -0.15) is 0 Å². The Morgan fingerprint density at radius 2 is 2.11 bits per heavy atom. The van der Waals surface area contributed by atoms with Crippen molar-refractivity contribution in [3.63, 3.8) is 0 Å². The van der Waals surface area contributed by atoms with Gasteiger partial charge in [0.15, 0.2) is 0 Å². The molecule has 3 fully saturated rings. The summed E-state index contributed by atoms with van der Waals surface area (Å²) in [5.41, 5.74) is 2.72. The molecule has 1 atom stereocenters. The van der Waals surface area contributed by atoms with E-state index < -0.39 is 0 Å². The van der Waals surface area contributed by atoms with Crippen LogP contribution in [0.5, 0.6) is 0 Å². The maximum absolute atomic E-state index is 3.76. The average Bonchev–Trinajstić information content (AvgIpc) is 2.41. The highest BCUT2D eigenvalue weighted by atomic mass is 79.9. The second-order valence-electron chi connectivity index (χ2n) is 5.71. The highest BCUT2D eigenvalue weighted by Gasteiger charge is 2.33. The summed E-state index contributed by atoms with van der Waals surface area (Å²) in [7, 11) is 0. The van der Waals surface area contributed by atoms with Crippen molar-refractivity contribution in [2.24, 2.45) is 5.92 Å². The molecule has 0 radical (unpaired) electrons. The first-order valence-electron chi connectivity index (χ1n) is 6.93. The molecule has 0 aromatic heterocycles. The molecule has 4 rings (SSSR count). The number of hydrogen-bond donors (Lipinski definition) is 1. The Kier molecular flexibility index (Phi) is 3.73. The topological polar surface area (TPSA) is 15.3 Å². The molecular weight excluding hydrogens is 288 g/mol. The molecule has 2 nitrogen and oxygen atoms in total. The van der Waals surface area contributed by atoms with Crippen LogP contribution in [0, 0.1) is 12.8 Å². The van der Waals surface area contributed by atoms with Gasteiger partial charge in [0, 0.05) is 23.6 Å². The third-order valence-corrected chi connectivity index (χ3v) is 5.34. The van der Waals surface area contributed by atoms with Gasteiger partial charge in [-0.3, -0.25) is 0 Å². The van der Waals surface area contributed by atoms with Gasteiger partial charge in [0.2, 0.25) is 0 Å². The zero-order valence-corrected chi connectivity index (χ0v) is 12.5. The summed E-state index contributed by atoms with van der Waals surface area (Å²) in [4.78, 5) is 2.60. The summed E-state index contributed by atoms with van der Waals surface area (Å²) in [6, 6.07) is 7.35. The van der Waals surface area contributed by atoms with E-state index in [0.717, 1.165) is 12.5 Å². The fraction of sp³-hybridized carbons (Fsp3) is 0.600. The van der Waals surface area contributed by atoms with Gasteiger partial charge in [-0.25, -0.2) is 0 Å². The highest BCUT2D eigenvalue weighted by Crippen LogP contribution is 2.27. The molecular formula is C15H21BrN2. The Balaban J connectivity index is 1.59. The third-order valence-electron chi connectivity index (χ3n) is 4.45. The minimum Gasteiger partial charge on any atom is -0.308 e. The van der Waals surface area contributed by atoms with Gasteiger partial charge < -0.3 is 10.2 Å². The van der Waals surface area contributed by atoms with E-state index in [0.29, 0.717) is 6.04 Å². The molecule has 3 aliphatic rings. The Bertz CT molecular complexity index is 425. The zero-order valence-electron chi connectivity index (χ0n) is 11.0. The second-order valence-corrected chi connectivity index (χ2v) is 6.56. The normalized spacial score (nSPS) is 30.7. The zero-order chi connectivity index (χ0) is 12.5. The van der Waals surface area contributed by atoms with E-state index >= 15 is 0 Å². The maximum Gasteiger partial charge on any atom is 0.0227 e. The summed E-state index contributed by atoms with van der Waals surface area (Å²) in [5, 5.41) is 3.76. The van der Waals surface area contributed by atoms with Crippen molar-refractivity contribution in [2.45, 2.75) is 32.4 Å². The van der Waals surface area contributed by atoms with Gasteiger partial charge in [-0.15, -0.1) is 0 Å². The molecule has 1 unspecified atom stereocenters. The average molecular weight is 309 g/mol. The molecule has 3 heteroatoms. The largest absolute Gasteiger partial charge is 0.308 e. The minimum atomic E-state index is 0.705. The van der Waals surface area contributed by atoms with Gasteiger partial charge in [0.05, 0.1) is 0 Å². The van der Waals surface area contributed by atoms with Gasteiger partial charge in [-0.05, 0) is 56.0 Å². The Labute approximate surface area is 118 Å². The number of rotatable bonds is 3. The van der Waals surface area contributed by atoms with E-state index in [4.69, 9.17) is 0 Å². The molecule has 0 amide bonds. The molecule has 3 heterocycles. The smallest absolute Gasteiger partial charge is 0.0227 e. The van der Waals surface area contributed by atoms with Crippen molar-refractivity contribution < 1.29 is 0 Å². The molecule has 0 saturated carbocycles. The lowest BCUT2D eigenvalue weighted by atomic mass is 9.84. The van der Waals surface area contributed by atoms with Crippen LogP contribution in [-0.2, 0) is 6.54 Å². The SMILES string of the molecule is Cc1cc(CNC2CN3CCC2CC3)ccc1Br. The molecule has 0 spiro atoms. The molecule has 98 valence electrons. The van der Waals surface area contributed by atoms with Crippen LogP contribution in [0.2, 0.25) is 0 Å². The molecule has 3 saturated heterocycles. The van der Waals surface area contributed by atoms with Crippen molar-refractivity contribution in [1.29, 1.82) is 0 Å². The van der Waals surface area contributed by atoms with Crippen LogP contribution in [0.15, 0.2) is 22.7 Å². The highest BCUT2D eigenvalue weighted by molar-refractivity contribution is 9.10. The first-order valence-corrected chi connectivity index (χ1v) is 7.72. The second kappa shape index (κ2) is 5.32. The third kappa shape index (κ3) is 2.63. The molecule has 1 aromatic carbocycles. The maximum atomic E-state index is 3.76. The van der Waals surface area contributed by atoms with E-state index in [9.17, 15) is 0 Å². The van der Waals surface area contributed by atoms with Crippen LogP contribution >= 0.6 is 15.9 Å². The molecule has 0 aliphatic carbocycles. The van der Waals surface area contributed by atoms with Gasteiger partial charge in [-0.1, -0.05) is 28.1 Å². The summed E-state index contributed by atoms with van der Waals surface area (Å²) in [5.74, 6) is 0.909. The predicted octanol–water partition coefficient (Wildman–Crippen LogP) is 2.94. The standard InChI is InChI=1S/C15H21BrN2/c1-11-8-12(2-3-14(11)16)9-17-15-10-18-6-4-13(15)5-7-18/h2-3,8,13,15,17H,4-7,9-10H2,1H3. The molecule has 3 aliphatic heterocycles. The lowest BCUT2D eigenvalue weighted by Crippen LogP contribution is -2.55. The van der Waals surface area contributed by atoms with Crippen molar-refractivity contribution >= 4 is 15.9 Å². The summed E-state index contributed by atoms with van der Waals surface area (Å²) in [6.45, 7) is 7.05. The Morgan fingerprint density at radius 1 is 1.33 bits per heavy atom. The molecule has 1 N–H and O–H groups in total. The summed E-state index contributed by atoms with van der Waals surface area (Å²) >= 11 is 3.56. The van der Waals surface area contributed by atoms with Gasteiger partial charge in [0.1, 0.15) is 0 Å². The molecule has 18 heavy (non-hydrogen) atoms. The van der Waals surface area contributed by atoms with E-state index in [2.05, 4.69) is 51.3 Å². The number of piperidine rings is 3. The van der Waals surface area contributed by atoms with Crippen LogP contribution in [0.4, 0.5) is 0 Å². The summed E-state index contributed by atoms with van der Waals surface area (Å²) in [6.07, 6.45) is 2.77. The number of nitrogens with zero attached hydrogens (tertiary/aromatic N) is 1. The van der Waals surface area contributed by atoms with E-state index in [-0.39, 0.29) is 0 Å². The van der Waals surface area contributed by atoms with Crippen molar-refractivity contribution in [2.75, 3.05) is 19.6 Å². The Morgan fingerprint density at radius 3 is 2.72 bits per heavy atom. The van der Waals surface area contributed by atoms with Crippen molar-refractivity contribution in [3.05, 3.63) is 33.8 Å². The monoisotopic (exact) mass is 308 g/mol.